The average molecular weight is 286 g/mol. The summed E-state index contributed by atoms with van der Waals surface area (Å²) < 4.78 is 0. The molecule has 0 fully saturated rings. The first kappa shape index (κ1) is 13.8. The van der Waals surface area contributed by atoms with Gasteiger partial charge in [0.2, 0.25) is 0 Å². The number of rotatable bonds is 5. The van der Waals surface area contributed by atoms with Gasteiger partial charge in [-0.05, 0) is 49.3 Å². The fourth-order valence-corrected chi connectivity index (χ4v) is 3.53. The van der Waals surface area contributed by atoms with Gasteiger partial charge in [-0.15, -0.1) is 11.3 Å². The van der Waals surface area contributed by atoms with Crippen LogP contribution in [0.5, 0.6) is 0 Å². The van der Waals surface area contributed by atoms with Crippen LogP contribution in [0.25, 0.3) is 0 Å². The molecule has 2 aromatic rings. The Bertz CT molecular complexity index is 548. The van der Waals surface area contributed by atoms with Crippen LogP contribution in [0.15, 0.2) is 29.8 Å². The van der Waals surface area contributed by atoms with Gasteiger partial charge >= 0.3 is 0 Å². The molecule has 0 aliphatic heterocycles. The van der Waals surface area contributed by atoms with E-state index in [0.717, 1.165) is 13.0 Å². The quantitative estimate of drug-likeness (QED) is 0.901. The summed E-state index contributed by atoms with van der Waals surface area (Å²) >= 11 is 1.74. The normalized spacial score (nSPS) is 15.8. The number of thiazole rings is 1. The predicted molar refractivity (Wildman–Crippen MR) is 85.3 cm³/mol. The molecule has 0 bridgehead atoms. The molecule has 0 spiro atoms. The number of hydrogen-bond donors (Lipinski definition) is 1. The molecular formula is C17H22N2S. The van der Waals surface area contributed by atoms with Gasteiger partial charge in [0.15, 0.2) is 0 Å². The zero-order valence-electron chi connectivity index (χ0n) is 12.1. The van der Waals surface area contributed by atoms with E-state index >= 15 is 0 Å². The molecular weight excluding hydrogens is 264 g/mol. The van der Waals surface area contributed by atoms with Crippen LogP contribution in [-0.4, -0.2) is 11.5 Å². The van der Waals surface area contributed by atoms with E-state index in [2.05, 4.69) is 35.4 Å². The molecule has 1 aromatic heterocycles. The number of aryl methyl sites for hydroxylation is 2. The third kappa shape index (κ3) is 3.28. The number of aromatic nitrogens is 1. The molecule has 106 valence electrons. The minimum atomic E-state index is 0.419. The standard InChI is InChI=1S/C17H22N2S/c1-13(18-9-8-17-19-10-11-20-17)15-7-6-14-4-2-3-5-16(14)12-15/h6-7,10-13,18H,2-5,8-9H2,1H3. The molecule has 1 atom stereocenters. The molecule has 1 unspecified atom stereocenters. The first-order valence-electron chi connectivity index (χ1n) is 7.56. The van der Waals surface area contributed by atoms with E-state index in [-0.39, 0.29) is 0 Å². The van der Waals surface area contributed by atoms with Gasteiger partial charge < -0.3 is 5.32 Å². The summed E-state index contributed by atoms with van der Waals surface area (Å²) in [5.74, 6) is 0. The smallest absolute Gasteiger partial charge is 0.0937 e. The largest absolute Gasteiger partial charge is 0.310 e. The Labute approximate surface area is 125 Å². The molecule has 2 nitrogen and oxygen atoms in total. The van der Waals surface area contributed by atoms with Gasteiger partial charge in [-0.3, -0.25) is 0 Å². The van der Waals surface area contributed by atoms with Crippen molar-refractivity contribution in [2.45, 2.75) is 45.1 Å². The Morgan fingerprint density at radius 2 is 2.10 bits per heavy atom. The van der Waals surface area contributed by atoms with Crippen molar-refractivity contribution in [3.8, 4) is 0 Å². The molecule has 1 aliphatic carbocycles. The Hall–Kier alpha value is -1.19. The summed E-state index contributed by atoms with van der Waals surface area (Å²) in [6, 6.07) is 7.46. The summed E-state index contributed by atoms with van der Waals surface area (Å²) in [6.07, 6.45) is 8.13. The van der Waals surface area contributed by atoms with Crippen LogP contribution in [0.2, 0.25) is 0 Å². The van der Waals surface area contributed by atoms with Gasteiger partial charge in [-0.1, -0.05) is 18.2 Å². The Morgan fingerprint density at radius 1 is 1.25 bits per heavy atom. The molecule has 0 saturated heterocycles. The number of benzene rings is 1. The van der Waals surface area contributed by atoms with Crippen molar-refractivity contribution in [2.75, 3.05) is 6.54 Å². The van der Waals surface area contributed by atoms with Gasteiger partial charge in [-0.25, -0.2) is 4.98 Å². The van der Waals surface area contributed by atoms with Crippen molar-refractivity contribution < 1.29 is 0 Å². The minimum absolute atomic E-state index is 0.419. The molecule has 3 rings (SSSR count). The van der Waals surface area contributed by atoms with Crippen LogP contribution in [0.3, 0.4) is 0 Å². The second kappa shape index (κ2) is 6.51. The topological polar surface area (TPSA) is 24.9 Å². The zero-order chi connectivity index (χ0) is 13.8. The Morgan fingerprint density at radius 3 is 2.90 bits per heavy atom. The van der Waals surface area contributed by atoms with Gasteiger partial charge in [0.1, 0.15) is 0 Å². The summed E-state index contributed by atoms with van der Waals surface area (Å²) in [6.45, 7) is 3.25. The lowest BCUT2D eigenvalue weighted by atomic mass is 9.89. The number of fused-ring (bicyclic) bond motifs is 1. The summed E-state index contributed by atoms with van der Waals surface area (Å²) in [5, 5.41) is 6.87. The van der Waals surface area contributed by atoms with Crippen molar-refractivity contribution in [3.05, 3.63) is 51.5 Å². The minimum Gasteiger partial charge on any atom is -0.310 e. The first-order valence-corrected chi connectivity index (χ1v) is 8.44. The molecule has 0 radical (unpaired) electrons. The molecule has 0 amide bonds. The van der Waals surface area contributed by atoms with E-state index in [0.29, 0.717) is 6.04 Å². The maximum Gasteiger partial charge on any atom is 0.0937 e. The maximum atomic E-state index is 4.32. The van der Waals surface area contributed by atoms with Crippen LogP contribution in [0.4, 0.5) is 0 Å². The van der Waals surface area contributed by atoms with Crippen LogP contribution in [-0.2, 0) is 19.3 Å². The molecule has 20 heavy (non-hydrogen) atoms. The van der Waals surface area contributed by atoms with Gasteiger partial charge in [0.05, 0.1) is 5.01 Å². The lowest BCUT2D eigenvalue weighted by Crippen LogP contribution is -2.21. The molecule has 1 aliphatic rings. The molecule has 3 heteroatoms. The van der Waals surface area contributed by atoms with Gasteiger partial charge in [0, 0.05) is 30.6 Å². The van der Waals surface area contributed by atoms with Crippen LogP contribution in [0.1, 0.15) is 47.5 Å². The first-order chi connectivity index (χ1) is 9.83. The van der Waals surface area contributed by atoms with E-state index in [4.69, 9.17) is 0 Å². The highest BCUT2D eigenvalue weighted by atomic mass is 32.1. The van der Waals surface area contributed by atoms with Crippen molar-refractivity contribution >= 4 is 11.3 Å². The monoisotopic (exact) mass is 286 g/mol. The van der Waals surface area contributed by atoms with E-state index in [1.54, 1.807) is 22.5 Å². The second-order valence-electron chi connectivity index (χ2n) is 5.59. The van der Waals surface area contributed by atoms with Crippen LogP contribution in [0, 0.1) is 0 Å². The van der Waals surface area contributed by atoms with E-state index in [1.165, 1.54) is 36.3 Å². The molecule has 1 N–H and O–H groups in total. The SMILES string of the molecule is CC(NCCc1nccs1)c1ccc2c(c1)CCCC2. The highest BCUT2D eigenvalue weighted by molar-refractivity contribution is 7.09. The third-order valence-corrected chi connectivity index (χ3v) is 4.98. The number of hydrogen-bond acceptors (Lipinski definition) is 3. The molecule has 1 aromatic carbocycles. The fraction of sp³-hybridized carbons (Fsp3) is 0.471. The van der Waals surface area contributed by atoms with Crippen LogP contribution < -0.4 is 5.32 Å². The van der Waals surface area contributed by atoms with Crippen molar-refractivity contribution in [1.82, 2.24) is 10.3 Å². The summed E-state index contributed by atoms with van der Waals surface area (Å²) in [7, 11) is 0. The third-order valence-electron chi connectivity index (χ3n) is 4.15. The van der Waals surface area contributed by atoms with Gasteiger partial charge in [0.25, 0.3) is 0 Å². The summed E-state index contributed by atoms with van der Waals surface area (Å²) in [4.78, 5) is 4.32. The van der Waals surface area contributed by atoms with E-state index in [9.17, 15) is 0 Å². The predicted octanol–water partition coefficient (Wildman–Crippen LogP) is 3.92. The molecule has 1 heterocycles. The Balaban J connectivity index is 1.57. The maximum absolute atomic E-state index is 4.32. The van der Waals surface area contributed by atoms with E-state index in [1.807, 2.05) is 11.6 Å². The number of nitrogens with one attached hydrogen (secondary N) is 1. The molecule has 0 saturated carbocycles. The fourth-order valence-electron chi connectivity index (χ4n) is 2.91. The summed E-state index contributed by atoms with van der Waals surface area (Å²) in [5.41, 5.74) is 4.56. The van der Waals surface area contributed by atoms with Crippen molar-refractivity contribution in [1.29, 1.82) is 0 Å². The highest BCUT2D eigenvalue weighted by Gasteiger charge is 2.12. The van der Waals surface area contributed by atoms with E-state index < -0.39 is 0 Å². The lowest BCUT2D eigenvalue weighted by Gasteiger charge is -2.20. The second-order valence-corrected chi connectivity index (χ2v) is 6.57. The zero-order valence-corrected chi connectivity index (χ0v) is 12.9. The lowest BCUT2D eigenvalue weighted by molar-refractivity contribution is 0.574. The highest BCUT2D eigenvalue weighted by Crippen LogP contribution is 2.24. The van der Waals surface area contributed by atoms with Gasteiger partial charge in [-0.2, -0.15) is 0 Å². The average Bonchev–Trinajstić information content (AvgIpc) is 3.00. The number of nitrogens with zero attached hydrogens (tertiary/aromatic N) is 1. The Kier molecular flexibility index (Phi) is 4.48. The van der Waals surface area contributed by atoms with Crippen molar-refractivity contribution in [3.63, 3.8) is 0 Å². The van der Waals surface area contributed by atoms with Crippen LogP contribution >= 0.6 is 11.3 Å². The van der Waals surface area contributed by atoms with Crippen molar-refractivity contribution in [2.24, 2.45) is 0 Å².